The molecule has 0 saturated carbocycles. The van der Waals surface area contributed by atoms with Crippen molar-refractivity contribution in [2.75, 3.05) is 19.3 Å². The first-order valence-electron chi connectivity index (χ1n) is 9.96. The molecule has 1 aliphatic heterocycles. The van der Waals surface area contributed by atoms with E-state index in [1.807, 2.05) is 0 Å². The maximum Gasteiger partial charge on any atom is 0.258 e. The molecule has 1 aromatic carbocycles. The predicted molar refractivity (Wildman–Crippen MR) is 121 cm³/mol. The fourth-order valence-electron chi connectivity index (χ4n) is 3.39. The Kier molecular flexibility index (Phi) is 6.50. The van der Waals surface area contributed by atoms with Crippen LogP contribution in [0.2, 0.25) is 5.02 Å². The van der Waals surface area contributed by atoms with Gasteiger partial charge in [-0.3, -0.25) is 14.3 Å². The Bertz CT molecular complexity index is 1240. The lowest BCUT2D eigenvalue weighted by atomic mass is 10.2. The molecule has 1 fully saturated rings. The molecule has 0 bridgehead atoms. The summed E-state index contributed by atoms with van der Waals surface area (Å²) in [5.41, 5.74) is 1.15. The molecule has 0 amide bonds. The van der Waals surface area contributed by atoms with Gasteiger partial charge in [0.1, 0.15) is 24.2 Å². The third kappa shape index (κ3) is 5.48. The summed E-state index contributed by atoms with van der Waals surface area (Å²) in [6.07, 6.45) is 4.84. The molecule has 8 nitrogen and oxygen atoms in total. The molecule has 168 valence electrons. The Labute approximate surface area is 191 Å². The minimum absolute atomic E-state index is 0.190. The molecule has 0 unspecified atom stereocenters. The highest BCUT2D eigenvalue weighted by Gasteiger charge is 2.29. The number of sulfonamides is 1. The summed E-state index contributed by atoms with van der Waals surface area (Å²) in [6.45, 7) is 1.02. The van der Waals surface area contributed by atoms with Gasteiger partial charge < -0.3 is 9.47 Å². The van der Waals surface area contributed by atoms with Gasteiger partial charge in [-0.1, -0.05) is 11.6 Å². The van der Waals surface area contributed by atoms with E-state index >= 15 is 0 Å². The van der Waals surface area contributed by atoms with Gasteiger partial charge >= 0.3 is 0 Å². The Morgan fingerprint density at radius 2 is 1.91 bits per heavy atom. The van der Waals surface area contributed by atoms with Gasteiger partial charge in [0.05, 0.1) is 23.5 Å². The van der Waals surface area contributed by atoms with Crippen LogP contribution in [-0.2, 0) is 16.6 Å². The Morgan fingerprint density at radius 1 is 1.12 bits per heavy atom. The lowest BCUT2D eigenvalue weighted by Gasteiger charge is -2.15. The summed E-state index contributed by atoms with van der Waals surface area (Å²) in [6, 6.07) is 13.7. The summed E-state index contributed by atoms with van der Waals surface area (Å²) < 4.78 is 37.7. The van der Waals surface area contributed by atoms with Crippen molar-refractivity contribution in [1.29, 1.82) is 0 Å². The van der Waals surface area contributed by atoms with Crippen LogP contribution in [0.5, 0.6) is 11.5 Å². The molecule has 1 aliphatic rings. The molecule has 1 saturated heterocycles. The number of hydrogen-bond donors (Lipinski definition) is 0. The first-order valence-corrected chi connectivity index (χ1v) is 12.2. The van der Waals surface area contributed by atoms with E-state index in [-0.39, 0.29) is 18.3 Å². The van der Waals surface area contributed by atoms with Gasteiger partial charge in [0, 0.05) is 30.7 Å². The van der Waals surface area contributed by atoms with Crippen molar-refractivity contribution in [3.8, 4) is 17.2 Å². The molecule has 0 radical (unpaired) electrons. The highest BCUT2D eigenvalue weighted by atomic mass is 35.5. The van der Waals surface area contributed by atoms with Crippen molar-refractivity contribution < 1.29 is 17.9 Å². The molecule has 0 aliphatic carbocycles. The van der Waals surface area contributed by atoms with E-state index in [1.54, 1.807) is 54.9 Å². The van der Waals surface area contributed by atoms with Crippen LogP contribution >= 0.6 is 11.6 Å². The first kappa shape index (κ1) is 22.3. The van der Waals surface area contributed by atoms with E-state index in [9.17, 15) is 13.2 Å². The average Bonchev–Trinajstić information content (AvgIpc) is 3.23. The molecule has 2 aromatic heterocycles. The van der Waals surface area contributed by atoms with Gasteiger partial charge in [0.25, 0.3) is 5.56 Å². The van der Waals surface area contributed by atoms with Crippen molar-refractivity contribution in [2.45, 2.75) is 19.1 Å². The monoisotopic (exact) mass is 475 g/mol. The number of aromatic nitrogens is 2. The zero-order valence-corrected chi connectivity index (χ0v) is 18.9. The third-order valence-electron chi connectivity index (χ3n) is 5.06. The second-order valence-electron chi connectivity index (χ2n) is 7.47. The van der Waals surface area contributed by atoms with E-state index in [0.717, 1.165) is 0 Å². The van der Waals surface area contributed by atoms with Gasteiger partial charge in [0.15, 0.2) is 0 Å². The predicted octanol–water partition coefficient (Wildman–Crippen LogP) is 2.88. The molecule has 32 heavy (non-hydrogen) atoms. The Morgan fingerprint density at radius 3 is 2.53 bits per heavy atom. The van der Waals surface area contributed by atoms with Crippen LogP contribution < -0.4 is 15.0 Å². The van der Waals surface area contributed by atoms with E-state index in [4.69, 9.17) is 21.1 Å². The van der Waals surface area contributed by atoms with E-state index < -0.39 is 10.0 Å². The Hall–Kier alpha value is -2.88. The van der Waals surface area contributed by atoms with Crippen LogP contribution in [0.4, 0.5) is 0 Å². The fraction of sp³-hybridized carbons (Fsp3) is 0.273. The number of halogens is 1. The number of pyridine rings is 2. The van der Waals surface area contributed by atoms with E-state index in [1.165, 1.54) is 21.2 Å². The summed E-state index contributed by atoms with van der Waals surface area (Å²) in [5, 5.41) is 0.548. The van der Waals surface area contributed by atoms with E-state index in [0.29, 0.717) is 47.4 Å². The average molecular weight is 476 g/mol. The number of nitrogens with zero attached hydrogens (tertiary/aromatic N) is 3. The third-order valence-corrected chi connectivity index (χ3v) is 6.55. The van der Waals surface area contributed by atoms with Crippen LogP contribution in [0.15, 0.2) is 65.7 Å². The number of rotatable bonds is 7. The second kappa shape index (κ2) is 9.32. The lowest BCUT2D eigenvalue weighted by molar-refractivity contribution is 0.215. The van der Waals surface area contributed by atoms with Crippen molar-refractivity contribution in [3.63, 3.8) is 0 Å². The smallest absolute Gasteiger partial charge is 0.258 e. The van der Waals surface area contributed by atoms with Crippen LogP contribution in [-0.4, -0.2) is 47.7 Å². The van der Waals surface area contributed by atoms with Crippen molar-refractivity contribution in [1.82, 2.24) is 13.9 Å². The van der Waals surface area contributed by atoms with Gasteiger partial charge in [-0.25, -0.2) is 8.42 Å². The lowest BCUT2D eigenvalue weighted by Crippen LogP contribution is -2.29. The van der Waals surface area contributed by atoms with Gasteiger partial charge in [-0.15, -0.1) is 0 Å². The molecular weight excluding hydrogens is 454 g/mol. The maximum absolute atomic E-state index is 12.5. The molecule has 4 rings (SSSR count). The highest BCUT2D eigenvalue weighted by molar-refractivity contribution is 7.88. The number of benzene rings is 1. The molecule has 10 heteroatoms. The summed E-state index contributed by atoms with van der Waals surface area (Å²) >= 11 is 5.82. The molecule has 1 atom stereocenters. The zero-order chi connectivity index (χ0) is 22.7. The first-order chi connectivity index (χ1) is 15.3. The molecule has 0 N–H and O–H groups in total. The molecule has 0 spiro atoms. The standard InChI is InChI=1S/C22H22ClN3O5S/c1-32(28,29)25-10-8-21(14-25)31-19-6-4-18(5-7-19)26-11-9-20(12-22(26)27)30-15-17-3-2-16(23)13-24-17/h2-7,9,11-13,21H,8,10,14-15H2,1H3/t21-/m1/s1. The highest BCUT2D eigenvalue weighted by Crippen LogP contribution is 2.21. The minimum atomic E-state index is -3.20. The van der Waals surface area contributed by atoms with Crippen LogP contribution in [0.25, 0.3) is 5.69 Å². The summed E-state index contributed by atoms with van der Waals surface area (Å²) in [4.78, 5) is 16.7. The van der Waals surface area contributed by atoms with Gasteiger partial charge in [-0.2, -0.15) is 4.31 Å². The number of hydrogen-bond acceptors (Lipinski definition) is 6. The van der Waals surface area contributed by atoms with Crippen molar-refractivity contribution >= 4 is 21.6 Å². The zero-order valence-electron chi connectivity index (χ0n) is 17.3. The van der Waals surface area contributed by atoms with E-state index in [2.05, 4.69) is 4.98 Å². The second-order valence-corrected chi connectivity index (χ2v) is 9.89. The fourth-order valence-corrected chi connectivity index (χ4v) is 4.37. The largest absolute Gasteiger partial charge is 0.489 e. The van der Waals surface area contributed by atoms with Crippen LogP contribution in [0.1, 0.15) is 12.1 Å². The van der Waals surface area contributed by atoms with Crippen molar-refractivity contribution in [2.24, 2.45) is 0 Å². The van der Waals surface area contributed by atoms with Gasteiger partial charge in [-0.05, 0) is 48.9 Å². The van der Waals surface area contributed by atoms with Crippen LogP contribution in [0, 0.1) is 0 Å². The van der Waals surface area contributed by atoms with Crippen molar-refractivity contribution in [3.05, 3.63) is 82.0 Å². The van der Waals surface area contributed by atoms with Gasteiger partial charge in [0.2, 0.25) is 10.0 Å². The maximum atomic E-state index is 12.5. The number of ether oxygens (including phenoxy) is 2. The van der Waals surface area contributed by atoms with Crippen LogP contribution in [0.3, 0.4) is 0 Å². The normalized spacial score (nSPS) is 16.8. The minimum Gasteiger partial charge on any atom is -0.489 e. The molecular formula is C22H22ClN3O5S. The topological polar surface area (TPSA) is 90.7 Å². The molecule has 3 aromatic rings. The quantitative estimate of drug-likeness (QED) is 0.522. The summed E-state index contributed by atoms with van der Waals surface area (Å²) in [5.74, 6) is 1.07. The Balaban J connectivity index is 1.38. The SMILES string of the molecule is CS(=O)(=O)N1CC[C@@H](Oc2ccc(-n3ccc(OCc4ccc(Cl)cn4)cc3=O)cc2)C1. The summed E-state index contributed by atoms with van der Waals surface area (Å²) in [7, 11) is -3.20. The molecule has 3 heterocycles.